The molecule has 476 valence electrons. The number of allylic oxidation sites excluding steroid dienone is 12. The monoisotopic (exact) mass is 1160 g/mol. The molecule has 0 spiro atoms. The number of hydrogen-bond donors (Lipinski definition) is 9. The van der Waals surface area contributed by atoms with Gasteiger partial charge >= 0.3 is 0 Å². The van der Waals surface area contributed by atoms with Gasteiger partial charge in [-0.25, -0.2) is 0 Å². The third-order valence-corrected chi connectivity index (χ3v) is 15.9. The first kappa shape index (κ1) is 75.5. The third-order valence-electron chi connectivity index (χ3n) is 15.9. The van der Waals surface area contributed by atoms with Crippen LogP contribution in [0.15, 0.2) is 72.9 Å². The van der Waals surface area contributed by atoms with Gasteiger partial charge in [-0.1, -0.05) is 260 Å². The van der Waals surface area contributed by atoms with Gasteiger partial charge < -0.3 is 65.1 Å². The molecule has 14 nitrogen and oxygen atoms in total. The van der Waals surface area contributed by atoms with Gasteiger partial charge in [0.05, 0.1) is 32.0 Å². The predicted octanol–water partition coefficient (Wildman–Crippen LogP) is 12.7. The van der Waals surface area contributed by atoms with Crippen molar-refractivity contribution in [2.45, 2.75) is 331 Å². The molecule has 0 saturated carbocycles. The summed E-state index contributed by atoms with van der Waals surface area (Å²) < 4.78 is 22.9. The highest BCUT2D eigenvalue weighted by atomic mass is 16.7. The van der Waals surface area contributed by atoms with Gasteiger partial charge in [-0.15, -0.1) is 0 Å². The minimum Gasteiger partial charge on any atom is -0.394 e. The summed E-state index contributed by atoms with van der Waals surface area (Å²) in [7, 11) is 0. The lowest BCUT2D eigenvalue weighted by atomic mass is 9.97. The summed E-state index contributed by atoms with van der Waals surface area (Å²) in [6.07, 6.45) is 53.2. The number of unbranched alkanes of at least 4 members (excludes halogenated alkanes) is 28. The van der Waals surface area contributed by atoms with Crippen molar-refractivity contribution in [2.24, 2.45) is 0 Å². The summed E-state index contributed by atoms with van der Waals surface area (Å²) in [5, 5.41) is 87.5. The molecule has 12 unspecified atom stereocenters. The van der Waals surface area contributed by atoms with Crippen molar-refractivity contribution in [3.63, 3.8) is 0 Å². The third kappa shape index (κ3) is 37.1. The Morgan fingerprint density at radius 3 is 1.29 bits per heavy atom. The molecule has 0 aromatic heterocycles. The standard InChI is InChI=1S/C68H121NO13/c1-3-5-7-9-11-13-15-17-19-21-23-24-25-26-27-28-29-30-31-32-34-36-38-40-42-44-46-48-50-52-60(73)69-56(57(72)51-49-47-45-43-41-39-37-35-33-22-20-18-16-14-12-10-8-6-4-2)55-79-67-65(78)63(76)66(59(54-71)81-67)82-68-64(77)62(75)61(74)58(53-70)80-68/h5,7,11,13,17,19,23-24,26-27,29-30,56-59,61-68,70-72,74-78H,3-4,6,8-10,12,14-16,18,20-22,25,28,31-55H2,1-2H3,(H,69,73)/b7-5-,13-11-,19-17-,24-23-,27-26-,30-29-. The van der Waals surface area contributed by atoms with Crippen LogP contribution in [-0.4, -0.2) is 140 Å². The van der Waals surface area contributed by atoms with Crippen LogP contribution in [0.1, 0.15) is 258 Å². The molecule has 82 heavy (non-hydrogen) atoms. The van der Waals surface area contributed by atoms with E-state index in [2.05, 4.69) is 92.1 Å². The summed E-state index contributed by atoms with van der Waals surface area (Å²) in [5.41, 5.74) is 0. The van der Waals surface area contributed by atoms with E-state index in [0.29, 0.717) is 19.3 Å². The van der Waals surface area contributed by atoms with Gasteiger partial charge in [-0.3, -0.25) is 4.79 Å². The summed E-state index contributed by atoms with van der Waals surface area (Å²) in [6.45, 7) is 2.76. The van der Waals surface area contributed by atoms with E-state index in [1.807, 2.05) is 0 Å². The zero-order valence-electron chi connectivity index (χ0n) is 51.5. The number of rotatable bonds is 53. The molecule has 1 amide bonds. The van der Waals surface area contributed by atoms with Crippen molar-refractivity contribution in [3.05, 3.63) is 72.9 Å². The molecule has 0 aromatic rings. The zero-order chi connectivity index (χ0) is 59.5. The van der Waals surface area contributed by atoms with Gasteiger partial charge in [-0.05, 0) is 64.2 Å². The van der Waals surface area contributed by atoms with Crippen molar-refractivity contribution in [1.29, 1.82) is 0 Å². The maximum Gasteiger partial charge on any atom is 0.220 e. The van der Waals surface area contributed by atoms with E-state index in [1.54, 1.807) is 0 Å². The van der Waals surface area contributed by atoms with Crippen LogP contribution in [0.5, 0.6) is 0 Å². The normalized spacial score (nSPS) is 24.4. The lowest BCUT2D eigenvalue weighted by Gasteiger charge is -2.46. The summed E-state index contributed by atoms with van der Waals surface area (Å²) in [5.74, 6) is -0.212. The summed E-state index contributed by atoms with van der Waals surface area (Å²) in [6, 6.07) is -0.836. The van der Waals surface area contributed by atoms with E-state index in [-0.39, 0.29) is 12.5 Å². The van der Waals surface area contributed by atoms with E-state index in [1.165, 1.54) is 135 Å². The number of amides is 1. The Labute approximate surface area is 498 Å². The Kier molecular flexibility index (Phi) is 48.6. The Morgan fingerprint density at radius 2 is 0.841 bits per heavy atom. The molecule has 2 heterocycles. The molecule has 9 N–H and O–H groups in total. The van der Waals surface area contributed by atoms with Crippen LogP contribution in [0.25, 0.3) is 0 Å². The molecule has 2 aliphatic rings. The fourth-order valence-corrected chi connectivity index (χ4v) is 10.7. The molecular weight excluding hydrogens is 1040 g/mol. The molecule has 12 atom stereocenters. The van der Waals surface area contributed by atoms with E-state index < -0.39 is 86.8 Å². The topological polar surface area (TPSA) is 228 Å². The molecule has 14 heteroatoms. The summed E-state index contributed by atoms with van der Waals surface area (Å²) >= 11 is 0. The first-order valence-corrected chi connectivity index (χ1v) is 33.2. The molecule has 0 bridgehead atoms. The van der Waals surface area contributed by atoms with Crippen molar-refractivity contribution >= 4 is 5.91 Å². The first-order valence-electron chi connectivity index (χ1n) is 33.2. The molecule has 2 fully saturated rings. The van der Waals surface area contributed by atoms with Crippen molar-refractivity contribution in [1.82, 2.24) is 5.32 Å². The Hall–Kier alpha value is -2.57. The van der Waals surface area contributed by atoms with Crippen LogP contribution in [0, 0.1) is 0 Å². The number of carbonyl (C=O) groups is 1. The minimum absolute atomic E-state index is 0.212. The molecule has 0 aromatic carbocycles. The second-order valence-corrected chi connectivity index (χ2v) is 23.2. The SMILES string of the molecule is CC/C=C\C/C=C\C/C=C\C/C=C\C/C=C\C/C=C\CCCCCCCCCCCCC(=O)NC(COC1OC(CO)C(OC2OC(CO)C(O)C(O)C2O)C(O)C1O)C(O)CCCCCCCCCCCCCCCCCCCCC. The molecule has 2 saturated heterocycles. The first-order chi connectivity index (χ1) is 40.1. The Balaban J connectivity index is 1.69. The van der Waals surface area contributed by atoms with Gasteiger partial charge in [0.2, 0.25) is 5.91 Å². The summed E-state index contributed by atoms with van der Waals surface area (Å²) in [4.78, 5) is 13.3. The van der Waals surface area contributed by atoms with Crippen molar-refractivity contribution in [2.75, 3.05) is 19.8 Å². The number of carbonyl (C=O) groups excluding carboxylic acids is 1. The Morgan fingerprint density at radius 1 is 0.451 bits per heavy atom. The molecule has 0 aliphatic carbocycles. The highest BCUT2D eigenvalue weighted by Crippen LogP contribution is 2.30. The second kappa shape index (κ2) is 52.7. The zero-order valence-corrected chi connectivity index (χ0v) is 51.5. The average Bonchev–Trinajstić information content (AvgIpc) is 3.65. The fourth-order valence-electron chi connectivity index (χ4n) is 10.7. The van der Waals surface area contributed by atoms with Crippen LogP contribution < -0.4 is 5.32 Å². The average molecular weight is 1160 g/mol. The fraction of sp³-hybridized carbons (Fsp3) is 0.809. The lowest BCUT2D eigenvalue weighted by molar-refractivity contribution is -0.359. The molecule has 2 rings (SSSR count). The predicted molar refractivity (Wildman–Crippen MR) is 332 cm³/mol. The van der Waals surface area contributed by atoms with Gasteiger partial charge in [0.1, 0.15) is 48.8 Å². The van der Waals surface area contributed by atoms with E-state index in [9.17, 15) is 45.6 Å². The van der Waals surface area contributed by atoms with Crippen molar-refractivity contribution < 1.29 is 64.6 Å². The van der Waals surface area contributed by atoms with Crippen LogP contribution in [0.4, 0.5) is 0 Å². The molecule has 2 aliphatic heterocycles. The quantitative estimate of drug-likeness (QED) is 0.0204. The minimum atomic E-state index is -1.79. The maximum absolute atomic E-state index is 13.3. The van der Waals surface area contributed by atoms with E-state index in [0.717, 1.165) is 89.9 Å². The van der Waals surface area contributed by atoms with Crippen molar-refractivity contribution in [3.8, 4) is 0 Å². The van der Waals surface area contributed by atoms with Gasteiger partial charge in [-0.2, -0.15) is 0 Å². The van der Waals surface area contributed by atoms with Crippen LogP contribution in [0.2, 0.25) is 0 Å². The maximum atomic E-state index is 13.3. The highest BCUT2D eigenvalue weighted by Gasteiger charge is 2.51. The Bertz CT molecular complexity index is 1650. The van der Waals surface area contributed by atoms with Gasteiger partial charge in [0.15, 0.2) is 12.6 Å². The number of aliphatic hydroxyl groups is 8. The number of ether oxygens (including phenoxy) is 4. The molecule has 0 radical (unpaired) electrons. The van der Waals surface area contributed by atoms with Gasteiger partial charge in [0, 0.05) is 6.42 Å². The van der Waals surface area contributed by atoms with Gasteiger partial charge in [0.25, 0.3) is 0 Å². The van der Waals surface area contributed by atoms with Crippen LogP contribution in [-0.2, 0) is 23.7 Å². The number of nitrogens with one attached hydrogen (secondary N) is 1. The molecular formula is C68H121NO13. The number of hydrogen-bond acceptors (Lipinski definition) is 13. The van der Waals surface area contributed by atoms with E-state index >= 15 is 0 Å². The number of aliphatic hydroxyl groups excluding tert-OH is 8. The largest absolute Gasteiger partial charge is 0.394 e. The lowest BCUT2D eigenvalue weighted by Crippen LogP contribution is -2.65. The van der Waals surface area contributed by atoms with Crippen LogP contribution in [0.3, 0.4) is 0 Å². The second-order valence-electron chi connectivity index (χ2n) is 23.2. The smallest absolute Gasteiger partial charge is 0.220 e. The van der Waals surface area contributed by atoms with E-state index in [4.69, 9.17) is 18.9 Å². The van der Waals surface area contributed by atoms with Crippen LogP contribution >= 0.6 is 0 Å². The highest BCUT2D eigenvalue weighted by molar-refractivity contribution is 5.76.